The number of aldehydes is 1. The molecule has 3 atom stereocenters. The number of rotatable bonds is 3. The largest absolute Gasteiger partial charge is 0.478 e. The molecular formula is C15H20O3. The van der Waals surface area contributed by atoms with Crippen LogP contribution in [0.2, 0.25) is 0 Å². The molecule has 1 fully saturated rings. The van der Waals surface area contributed by atoms with Gasteiger partial charge in [-0.3, -0.25) is 4.79 Å². The van der Waals surface area contributed by atoms with Crippen LogP contribution in [0.1, 0.15) is 39.0 Å². The van der Waals surface area contributed by atoms with E-state index in [4.69, 9.17) is 5.11 Å². The van der Waals surface area contributed by atoms with Crippen molar-refractivity contribution in [2.24, 2.45) is 17.3 Å². The summed E-state index contributed by atoms with van der Waals surface area (Å²) in [7, 11) is 0. The fourth-order valence-electron chi connectivity index (χ4n) is 3.53. The minimum absolute atomic E-state index is 0.0158. The number of aliphatic carboxylic acids is 1. The van der Waals surface area contributed by atoms with Crippen molar-refractivity contribution >= 4 is 12.3 Å². The number of carbonyl (C=O) groups excluding carboxylic acids is 1. The van der Waals surface area contributed by atoms with E-state index in [0.717, 1.165) is 44.0 Å². The molecule has 0 bridgehead atoms. The summed E-state index contributed by atoms with van der Waals surface area (Å²) < 4.78 is 0. The molecule has 0 saturated heterocycles. The minimum Gasteiger partial charge on any atom is -0.478 e. The van der Waals surface area contributed by atoms with Gasteiger partial charge in [-0.2, -0.15) is 0 Å². The van der Waals surface area contributed by atoms with Crippen molar-refractivity contribution < 1.29 is 14.7 Å². The third-order valence-corrected chi connectivity index (χ3v) is 4.83. The second kappa shape index (κ2) is 4.71. The molecule has 0 aromatic heterocycles. The van der Waals surface area contributed by atoms with E-state index in [-0.39, 0.29) is 17.3 Å². The summed E-state index contributed by atoms with van der Waals surface area (Å²) in [6, 6.07) is 0. The third kappa shape index (κ3) is 2.14. The summed E-state index contributed by atoms with van der Waals surface area (Å²) >= 11 is 0. The Balaban J connectivity index is 2.21. The van der Waals surface area contributed by atoms with Crippen molar-refractivity contribution in [3.05, 3.63) is 23.8 Å². The summed E-state index contributed by atoms with van der Waals surface area (Å²) in [5.41, 5.74) is 1.33. The highest BCUT2D eigenvalue weighted by Gasteiger charge is 2.43. The van der Waals surface area contributed by atoms with Crippen LogP contribution in [0.25, 0.3) is 0 Å². The molecule has 1 saturated carbocycles. The first kappa shape index (κ1) is 13.1. The van der Waals surface area contributed by atoms with Gasteiger partial charge in [0.05, 0.1) is 0 Å². The maximum absolute atomic E-state index is 11.2. The Labute approximate surface area is 108 Å². The molecule has 0 aliphatic heterocycles. The van der Waals surface area contributed by atoms with Gasteiger partial charge in [-0.25, -0.2) is 4.79 Å². The molecule has 2 rings (SSSR count). The van der Waals surface area contributed by atoms with E-state index < -0.39 is 5.97 Å². The van der Waals surface area contributed by atoms with E-state index in [2.05, 4.69) is 13.5 Å². The van der Waals surface area contributed by atoms with Gasteiger partial charge in [-0.15, -0.1) is 0 Å². The number of carbonyl (C=O) groups is 2. The van der Waals surface area contributed by atoms with Crippen LogP contribution in [0.15, 0.2) is 23.8 Å². The normalized spacial score (nSPS) is 35.3. The average Bonchev–Trinajstić information content (AvgIpc) is 2.35. The standard InChI is InChI=1S/C15H20O3/c1-10(14(17)18)11-5-7-15(2)6-3-4-12(9-16)13(15)8-11/h4,9,11,13H,1,3,5-8H2,2H3,(H,17,18). The fourth-order valence-corrected chi connectivity index (χ4v) is 3.53. The Kier molecular flexibility index (Phi) is 3.42. The molecule has 3 nitrogen and oxygen atoms in total. The van der Waals surface area contributed by atoms with E-state index in [0.29, 0.717) is 5.57 Å². The number of fused-ring (bicyclic) bond motifs is 1. The lowest BCUT2D eigenvalue weighted by atomic mass is 9.57. The lowest BCUT2D eigenvalue weighted by Crippen LogP contribution is -2.38. The van der Waals surface area contributed by atoms with Crippen molar-refractivity contribution in [3.63, 3.8) is 0 Å². The van der Waals surface area contributed by atoms with Gasteiger partial charge in [0.25, 0.3) is 0 Å². The van der Waals surface area contributed by atoms with Gasteiger partial charge in [0.1, 0.15) is 6.29 Å². The molecule has 0 spiro atoms. The molecule has 3 heteroatoms. The molecule has 2 aliphatic carbocycles. The molecule has 2 aliphatic rings. The molecule has 18 heavy (non-hydrogen) atoms. The highest BCUT2D eigenvalue weighted by Crippen LogP contribution is 2.52. The summed E-state index contributed by atoms with van der Waals surface area (Å²) in [4.78, 5) is 22.2. The number of hydrogen-bond acceptors (Lipinski definition) is 2. The second-order valence-corrected chi connectivity index (χ2v) is 5.87. The topological polar surface area (TPSA) is 54.4 Å². The van der Waals surface area contributed by atoms with Crippen LogP contribution in [0.4, 0.5) is 0 Å². The van der Waals surface area contributed by atoms with Crippen LogP contribution in [-0.4, -0.2) is 17.4 Å². The molecule has 1 N–H and O–H groups in total. The Morgan fingerprint density at radius 2 is 2.28 bits per heavy atom. The lowest BCUT2D eigenvalue weighted by molar-refractivity contribution is -0.133. The molecule has 0 aromatic carbocycles. The third-order valence-electron chi connectivity index (χ3n) is 4.83. The maximum Gasteiger partial charge on any atom is 0.331 e. The van der Waals surface area contributed by atoms with Crippen LogP contribution in [0.5, 0.6) is 0 Å². The summed E-state index contributed by atoms with van der Waals surface area (Å²) in [6.45, 7) is 5.91. The molecule has 0 radical (unpaired) electrons. The number of hydrogen-bond donors (Lipinski definition) is 1. The Bertz CT molecular complexity index is 421. The van der Waals surface area contributed by atoms with Gasteiger partial charge < -0.3 is 5.11 Å². The van der Waals surface area contributed by atoms with E-state index in [1.165, 1.54) is 0 Å². The SMILES string of the molecule is C=C(C(=O)O)C1CCC2(C)CCC=C(C=O)C2C1. The predicted octanol–water partition coefficient (Wildman–Crippen LogP) is 2.97. The van der Waals surface area contributed by atoms with E-state index in [9.17, 15) is 9.59 Å². The van der Waals surface area contributed by atoms with Crippen molar-refractivity contribution in [1.29, 1.82) is 0 Å². The summed E-state index contributed by atoms with van der Waals surface area (Å²) in [6.07, 6.45) is 7.66. The number of allylic oxidation sites excluding steroid dienone is 2. The highest BCUT2D eigenvalue weighted by atomic mass is 16.4. The molecular weight excluding hydrogens is 228 g/mol. The first-order valence-corrected chi connectivity index (χ1v) is 6.55. The van der Waals surface area contributed by atoms with E-state index >= 15 is 0 Å². The van der Waals surface area contributed by atoms with Gasteiger partial charge >= 0.3 is 5.97 Å². The summed E-state index contributed by atoms with van der Waals surface area (Å²) in [5, 5.41) is 9.03. The molecule has 0 heterocycles. The Morgan fingerprint density at radius 3 is 2.89 bits per heavy atom. The zero-order chi connectivity index (χ0) is 13.3. The van der Waals surface area contributed by atoms with Crippen molar-refractivity contribution in [3.8, 4) is 0 Å². The first-order chi connectivity index (χ1) is 8.48. The first-order valence-electron chi connectivity index (χ1n) is 6.55. The fraction of sp³-hybridized carbons (Fsp3) is 0.600. The Morgan fingerprint density at radius 1 is 1.56 bits per heavy atom. The van der Waals surface area contributed by atoms with Crippen molar-refractivity contribution in [1.82, 2.24) is 0 Å². The van der Waals surface area contributed by atoms with Gasteiger partial charge in [0.2, 0.25) is 0 Å². The average molecular weight is 248 g/mol. The zero-order valence-electron chi connectivity index (χ0n) is 10.8. The molecule has 98 valence electrons. The monoisotopic (exact) mass is 248 g/mol. The number of carboxylic acid groups (broad SMARTS) is 1. The smallest absolute Gasteiger partial charge is 0.331 e. The maximum atomic E-state index is 11.2. The van der Waals surface area contributed by atoms with Crippen LogP contribution < -0.4 is 0 Å². The van der Waals surface area contributed by atoms with Crippen molar-refractivity contribution in [2.45, 2.75) is 39.0 Å². The van der Waals surface area contributed by atoms with Crippen LogP contribution in [0.3, 0.4) is 0 Å². The van der Waals surface area contributed by atoms with Gasteiger partial charge in [0.15, 0.2) is 0 Å². The van der Waals surface area contributed by atoms with Gasteiger partial charge in [0, 0.05) is 5.57 Å². The minimum atomic E-state index is -0.906. The number of carboxylic acids is 1. The van der Waals surface area contributed by atoms with Crippen LogP contribution in [-0.2, 0) is 9.59 Å². The second-order valence-electron chi connectivity index (χ2n) is 5.87. The van der Waals surface area contributed by atoms with Crippen molar-refractivity contribution in [2.75, 3.05) is 0 Å². The highest BCUT2D eigenvalue weighted by molar-refractivity contribution is 5.86. The van der Waals surface area contributed by atoms with Crippen LogP contribution >= 0.6 is 0 Å². The quantitative estimate of drug-likeness (QED) is 0.617. The van der Waals surface area contributed by atoms with E-state index in [1.807, 2.05) is 6.08 Å². The zero-order valence-corrected chi connectivity index (χ0v) is 10.8. The molecule has 0 aromatic rings. The van der Waals surface area contributed by atoms with E-state index in [1.54, 1.807) is 0 Å². The summed E-state index contributed by atoms with van der Waals surface area (Å²) in [5.74, 6) is -0.684. The predicted molar refractivity (Wildman–Crippen MR) is 69.1 cm³/mol. The van der Waals surface area contributed by atoms with Crippen LogP contribution in [0, 0.1) is 17.3 Å². The molecule has 3 unspecified atom stereocenters. The Hall–Kier alpha value is -1.38. The van der Waals surface area contributed by atoms with Gasteiger partial charge in [-0.05, 0) is 54.9 Å². The van der Waals surface area contributed by atoms with Gasteiger partial charge in [-0.1, -0.05) is 19.6 Å². The lowest BCUT2D eigenvalue weighted by Gasteiger charge is -2.47. The molecule has 0 amide bonds.